The Morgan fingerprint density at radius 1 is 1.00 bits per heavy atom. The third-order valence-corrected chi connectivity index (χ3v) is 8.22. The van der Waals surface area contributed by atoms with Crippen molar-refractivity contribution in [2.24, 2.45) is 0 Å². The highest BCUT2D eigenvalue weighted by Gasteiger charge is 2.33. The van der Waals surface area contributed by atoms with E-state index in [4.69, 9.17) is 16.3 Å². The van der Waals surface area contributed by atoms with Crippen LogP contribution in [-0.2, 0) is 26.2 Å². The second kappa shape index (κ2) is 13.5. The van der Waals surface area contributed by atoms with Gasteiger partial charge in [-0.05, 0) is 74.4 Å². The molecule has 0 aromatic heterocycles. The summed E-state index contributed by atoms with van der Waals surface area (Å²) in [6.45, 7) is 5.69. The van der Waals surface area contributed by atoms with Crippen LogP contribution in [0.3, 0.4) is 0 Å². The minimum absolute atomic E-state index is 0.0165. The zero-order valence-corrected chi connectivity index (χ0v) is 24.1. The maximum Gasteiger partial charge on any atom is 0.264 e. The number of hydrogen-bond donors (Lipinski definition) is 1. The number of ether oxygens (including phenoxy) is 1. The predicted molar refractivity (Wildman–Crippen MR) is 153 cm³/mol. The quantitative estimate of drug-likeness (QED) is 0.337. The Balaban J connectivity index is 2.06. The molecule has 10 heteroatoms. The molecule has 0 aliphatic heterocycles. The molecule has 1 N–H and O–H groups in total. The highest BCUT2D eigenvalue weighted by Crippen LogP contribution is 2.27. The summed E-state index contributed by atoms with van der Waals surface area (Å²) in [5.41, 5.74) is 2.12. The lowest BCUT2D eigenvalue weighted by atomic mass is 10.1. The number of anilines is 1. The number of amides is 2. The van der Waals surface area contributed by atoms with Gasteiger partial charge in [0.05, 0.1) is 17.2 Å². The molecular formula is C29H34ClN3O5S. The Morgan fingerprint density at radius 2 is 1.67 bits per heavy atom. The molecule has 0 aliphatic carbocycles. The first-order chi connectivity index (χ1) is 18.6. The van der Waals surface area contributed by atoms with Crippen molar-refractivity contribution in [1.29, 1.82) is 0 Å². The molecule has 0 saturated heterocycles. The van der Waals surface area contributed by atoms with Crippen molar-refractivity contribution in [3.63, 3.8) is 0 Å². The summed E-state index contributed by atoms with van der Waals surface area (Å²) in [4.78, 5) is 28.1. The lowest BCUT2D eigenvalue weighted by Gasteiger charge is -2.33. The van der Waals surface area contributed by atoms with E-state index in [1.807, 2.05) is 45.0 Å². The van der Waals surface area contributed by atoms with Crippen molar-refractivity contribution >= 4 is 39.1 Å². The molecule has 0 bridgehead atoms. The molecule has 0 spiro atoms. The van der Waals surface area contributed by atoms with Crippen LogP contribution < -0.4 is 14.4 Å². The first-order valence-corrected chi connectivity index (χ1v) is 14.5. The second-order valence-corrected chi connectivity index (χ2v) is 11.2. The fraction of sp³-hybridized carbons (Fsp3) is 0.310. The number of rotatable bonds is 12. The van der Waals surface area contributed by atoms with E-state index in [1.165, 1.54) is 36.2 Å². The largest absolute Gasteiger partial charge is 0.494 e. The first-order valence-electron chi connectivity index (χ1n) is 12.7. The van der Waals surface area contributed by atoms with Crippen molar-refractivity contribution in [3.05, 3.63) is 88.9 Å². The molecule has 0 aliphatic rings. The fourth-order valence-corrected chi connectivity index (χ4v) is 5.77. The SMILES string of the molecule is CCOc1ccc(N(CC(=O)N(Cc2cccc(C)c2)[C@H](CC)C(=O)NC)S(=O)(=O)c2ccc(Cl)cc2)cc1. The number of carbonyl (C=O) groups is 2. The number of carbonyl (C=O) groups excluding carboxylic acids is 2. The van der Waals surface area contributed by atoms with Gasteiger partial charge in [0.1, 0.15) is 18.3 Å². The van der Waals surface area contributed by atoms with Crippen LogP contribution in [0.25, 0.3) is 0 Å². The van der Waals surface area contributed by atoms with Crippen LogP contribution in [0.2, 0.25) is 5.02 Å². The normalized spacial score (nSPS) is 11.9. The van der Waals surface area contributed by atoms with E-state index >= 15 is 0 Å². The Kier molecular flexibility index (Phi) is 10.4. The van der Waals surface area contributed by atoms with E-state index in [9.17, 15) is 18.0 Å². The molecule has 0 fully saturated rings. The van der Waals surface area contributed by atoms with E-state index < -0.39 is 28.5 Å². The third-order valence-electron chi connectivity index (χ3n) is 6.18. The van der Waals surface area contributed by atoms with Crippen molar-refractivity contribution in [1.82, 2.24) is 10.2 Å². The number of aryl methyl sites for hydroxylation is 1. The summed E-state index contributed by atoms with van der Waals surface area (Å²) < 4.78 is 34.2. The molecule has 3 aromatic carbocycles. The smallest absolute Gasteiger partial charge is 0.264 e. The summed E-state index contributed by atoms with van der Waals surface area (Å²) in [7, 11) is -2.67. The molecule has 1 atom stereocenters. The molecule has 39 heavy (non-hydrogen) atoms. The molecule has 0 radical (unpaired) electrons. The first kappa shape index (κ1) is 30.0. The molecule has 0 saturated carbocycles. The molecular weight excluding hydrogens is 538 g/mol. The van der Waals surface area contributed by atoms with Gasteiger partial charge in [-0.3, -0.25) is 13.9 Å². The van der Waals surface area contributed by atoms with Crippen LogP contribution in [0.1, 0.15) is 31.4 Å². The Labute approximate surface area is 235 Å². The number of benzene rings is 3. The molecule has 3 aromatic rings. The number of hydrogen-bond acceptors (Lipinski definition) is 5. The topological polar surface area (TPSA) is 96.0 Å². The number of likely N-dealkylation sites (N-methyl/N-ethyl adjacent to an activating group) is 1. The number of sulfonamides is 1. The van der Waals surface area contributed by atoms with Crippen molar-refractivity contribution in [2.45, 2.75) is 44.7 Å². The van der Waals surface area contributed by atoms with Crippen LogP contribution in [0.5, 0.6) is 5.75 Å². The van der Waals surface area contributed by atoms with Crippen molar-refractivity contribution in [3.8, 4) is 5.75 Å². The predicted octanol–water partition coefficient (Wildman–Crippen LogP) is 4.80. The lowest BCUT2D eigenvalue weighted by molar-refractivity contribution is -0.140. The Hall–Kier alpha value is -3.56. The van der Waals surface area contributed by atoms with Crippen molar-refractivity contribution < 1.29 is 22.7 Å². The molecule has 208 valence electrons. The number of nitrogens with zero attached hydrogens (tertiary/aromatic N) is 2. The molecule has 8 nitrogen and oxygen atoms in total. The van der Waals surface area contributed by atoms with Gasteiger partial charge in [-0.15, -0.1) is 0 Å². The van der Waals surface area contributed by atoms with Gasteiger partial charge in [-0.1, -0.05) is 48.4 Å². The third kappa shape index (κ3) is 7.52. The van der Waals surface area contributed by atoms with E-state index in [0.717, 1.165) is 15.4 Å². The van der Waals surface area contributed by atoms with Gasteiger partial charge in [-0.25, -0.2) is 8.42 Å². The van der Waals surface area contributed by atoms with Crippen LogP contribution in [-0.4, -0.2) is 51.4 Å². The van der Waals surface area contributed by atoms with Crippen LogP contribution in [0.4, 0.5) is 5.69 Å². The highest BCUT2D eigenvalue weighted by molar-refractivity contribution is 7.92. The molecule has 3 rings (SSSR count). The van der Waals surface area contributed by atoms with Gasteiger partial charge in [-0.2, -0.15) is 0 Å². The van der Waals surface area contributed by atoms with Gasteiger partial charge >= 0.3 is 0 Å². The average molecular weight is 572 g/mol. The zero-order chi connectivity index (χ0) is 28.6. The van der Waals surface area contributed by atoms with Gasteiger partial charge in [0.15, 0.2) is 0 Å². The van der Waals surface area contributed by atoms with E-state index in [1.54, 1.807) is 24.3 Å². The molecule has 0 unspecified atom stereocenters. The van der Waals surface area contributed by atoms with E-state index in [2.05, 4.69) is 5.32 Å². The minimum Gasteiger partial charge on any atom is -0.494 e. The van der Waals surface area contributed by atoms with E-state index in [0.29, 0.717) is 23.8 Å². The van der Waals surface area contributed by atoms with Gasteiger partial charge in [0, 0.05) is 18.6 Å². The zero-order valence-electron chi connectivity index (χ0n) is 22.6. The summed E-state index contributed by atoms with van der Waals surface area (Å²) in [5, 5.41) is 3.01. The summed E-state index contributed by atoms with van der Waals surface area (Å²) >= 11 is 5.99. The standard InChI is InChI=1S/C29H34ClN3O5S/c1-5-27(29(35)31-4)32(19-22-9-7-8-21(3)18-22)28(34)20-33(24-12-14-25(15-13-24)38-6-2)39(36,37)26-16-10-23(30)11-17-26/h7-18,27H,5-6,19-20H2,1-4H3,(H,31,35)/t27-/m1/s1. The molecule has 0 heterocycles. The van der Waals surface area contributed by atoms with Gasteiger partial charge in [0.2, 0.25) is 11.8 Å². The lowest BCUT2D eigenvalue weighted by Crippen LogP contribution is -2.51. The van der Waals surface area contributed by atoms with Gasteiger partial charge in [0.25, 0.3) is 10.0 Å². The summed E-state index contributed by atoms with van der Waals surface area (Å²) in [5.74, 6) is -0.270. The fourth-order valence-electron chi connectivity index (χ4n) is 4.23. The second-order valence-electron chi connectivity index (χ2n) is 8.94. The monoisotopic (exact) mass is 571 g/mol. The Bertz CT molecular complexity index is 1380. The number of halogens is 1. The van der Waals surface area contributed by atoms with Crippen LogP contribution in [0, 0.1) is 6.92 Å². The minimum atomic E-state index is -4.18. The van der Waals surface area contributed by atoms with E-state index in [-0.39, 0.29) is 23.0 Å². The summed E-state index contributed by atoms with van der Waals surface area (Å²) in [6.07, 6.45) is 0.351. The summed E-state index contributed by atoms with van der Waals surface area (Å²) in [6, 6.07) is 19.1. The van der Waals surface area contributed by atoms with Crippen LogP contribution in [0.15, 0.2) is 77.7 Å². The maximum atomic E-state index is 13.9. The molecule has 2 amide bonds. The number of nitrogens with one attached hydrogen (secondary N) is 1. The Morgan fingerprint density at radius 3 is 2.23 bits per heavy atom. The average Bonchev–Trinajstić information content (AvgIpc) is 2.92. The highest BCUT2D eigenvalue weighted by atomic mass is 35.5. The van der Waals surface area contributed by atoms with Crippen LogP contribution >= 0.6 is 11.6 Å². The maximum absolute atomic E-state index is 13.9. The van der Waals surface area contributed by atoms with Crippen molar-refractivity contribution in [2.75, 3.05) is 24.5 Å². The van der Waals surface area contributed by atoms with Gasteiger partial charge < -0.3 is 15.0 Å².